The zero-order valence-electron chi connectivity index (χ0n) is 10.2. The normalized spacial score (nSPS) is 13.5. The van der Waals surface area contributed by atoms with Crippen LogP contribution in [0.15, 0.2) is 35.3 Å². The largest absolute Gasteiger partial charge is 0.449 e. The maximum Gasteiger partial charge on any atom is 0.426 e. The van der Waals surface area contributed by atoms with Gasteiger partial charge in [0.05, 0.1) is 18.8 Å². The van der Waals surface area contributed by atoms with E-state index in [1.807, 2.05) is 30.3 Å². The lowest BCUT2D eigenvalue weighted by Crippen LogP contribution is -2.50. The molecule has 1 aliphatic heterocycles. The number of hydrazine groups is 1. The number of amides is 1. The SMILES string of the molecule is CCOC(=O)NN(C1=NCCN1)c1ccccc1. The highest BCUT2D eigenvalue weighted by Crippen LogP contribution is 2.12. The van der Waals surface area contributed by atoms with E-state index in [9.17, 15) is 4.79 Å². The summed E-state index contributed by atoms with van der Waals surface area (Å²) in [7, 11) is 0. The Balaban J connectivity index is 2.15. The number of benzene rings is 1. The van der Waals surface area contributed by atoms with Gasteiger partial charge in [-0.2, -0.15) is 0 Å². The molecule has 1 aliphatic rings. The van der Waals surface area contributed by atoms with Crippen LogP contribution < -0.4 is 15.8 Å². The maximum absolute atomic E-state index is 11.5. The van der Waals surface area contributed by atoms with E-state index in [1.54, 1.807) is 11.9 Å². The van der Waals surface area contributed by atoms with Gasteiger partial charge >= 0.3 is 6.09 Å². The lowest BCUT2D eigenvalue weighted by molar-refractivity contribution is 0.152. The first-order chi connectivity index (χ1) is 8.81. The third-order valence-corrected chi connectivity index (χ3v) is 2.36. The van der Waals surface area contributed by atoms with Gasteiger partial charge in [-0.3, -0.25) is 0 Å². The van der Waals surface area contributed by atoms with Crippen LogP contribution in [-0.4, -0.2) is 31.7 Å². The summed E-state index contributed by atoms with van der Waals surface area (Å²) in [5.41, 5.74) is 3.47. The summed E-state index contributed by atoms with van der Waals surface area (Å²) < 4.78 is 4.88. The summed E-state index contributed by atoms with van der Waals surface area (Å²) in [5.74, 6) is 0.620. The zero-order chi connectivity index (χ0) is 12.8. The highest BCUT2D eigenvalue weighted by atomic mass is 16.6. The predicted octanol–water partition coefficient (Wildman–Crippen LogP) is 1.11. The third kappa shape index (κ3) is 2.91. The molecule has 0 fully saturated rings. The van der Waals surface area contributed by atoms with Crippen molar-refractivity contribution in [1.29, 1.82) is 0 Å². The highest BCUT2D eigenvalue weighted by molar-refractivity contribution is 5.98. The first-order valence-corrected chi connectivity index (χ1v) is 5.88. The van der Waals surface area contributed by atoms with Crippen molar-refractivity contribution in [3.63, 3.8) is 0 Å². The van der Waals surface area contributed by atoms with E-state index in [1.165, 1.54) is 0 Å². The molecule has 1 amide bonds. The van der Waals surface area contributed by atoms with Gasteiger partial charge in [0.2, 0.25) is 5.96 Å². The van der Waals surface area contributed by atoms with E-state index < -0.39 is 6.09 Å². The molecule has 0 aromatic heterocycles. The van der Waals surface area contributed by atoms with Crippen LogP contribution in [0.3, 0.4) is 0 Å². The van der Waals surface area contributed by atoms with Crippen LogP contribution in [0.2, 0.25) is 0 Å². The Morgan fingerprint density at radius 3 is 2.89 bits per heavy atom. The van der Waals surface area contributed by atoms with Gasteiger partial charge in [-0.25, -0.2) is 20.2 Å². The first kappa shape index (κ1) is 12.2. The fourth-order valence-electron chi connectivity index (χ4n) is 1.61. The molecule has 2 N–H and O–H groups in total. The van der Waals surface area contributed by atoms with Gasteiger partial charge in [0, 0.05) is 6.54 Å². The van der Waals surface area contributed by atoms with Crippen molar-refractivity contribution in [3.8, 4) is 0 Å². The molecular formula is C12H16N4O2. The topological polar surface area (TPSA) is 66.0 Å². The predicted molar refractivity (Wildman–Crippen MR) is 69.4 cm³/mol. The molecule has 1 aromatic carbocycles. The van der Waals surface area contributed by atoms with Crippen LogP contribution in [0.4, 0.5) is 10.5 Å². The molecule has 6 heteroatoms. The van der Waals surface area contributed by atoms with Crippen LogP contribution >= 0.6 is 0 Å². The molecule has 0 saturated carbocycles. The average molecular weight is 248 g/mol. The quantitative estimate of drug-likeness (QED) is 0.770. The number of nitrogens with one attached hydrogen (secondary N) is 2. The molecule has 0 radical (unpaired) electrons. The van der Waals surface area contributed by atoms with Crippen LogP contribution in [0.1, 0.15) is 6.92 Å². The molecule has 0 bridgehead atoms. The number of anilines is 1. The lowest BCUT2D eigenvalue weighted by Gasteiger charge is -2.24. The van der Waals surface area contributed by atoms with Crippen molar-refractivity contribution in [2.24, 2.45) is 4.99 Å². The molecule has 0 atom stereocenters. The molecule has 1 aromatic rings. The Kier molecular flexibility index (Phi) is 4.01. The van der Waals surface area contributed by atoms with E-state index in [0.29, 0.717) is 19.1 Å². The number of hydrogen-bond acceptors (Lipinski definition) is 5. The van der Waals surface area contributed by atoms with Gasteiger partial charge in [-0.15, -0.1) is 0 Å². The van der Waals surface area contributed by atoms with Gasteiger partial charge in [0.15, 0.2) is 0 Å². The highest BCUT2D eigenvalue weighted by Gasteiger charge is 2.19. The van der Waals surface area contributed by atoms with Crippen molar-refractivity contribution in [2.45, 2.75) is 6.92 Å². The van der Waals surface area contributed by atoms with Gasteiger partial charge < -0.3 is 10.1 Å². The Hall–Kier alpha value is -2.24. The van der Waals surface area contributed by atoms with Crippen LogP contribution in [0.25, 0.3) is 0 Å². The minimum atomic E-state index is -0.502. The summed E-state index contributed by atoms with van der Waals surface area (Å²) in [5, 5.41) is 4.70. The molecular weight excluding hydrogens is 232 g/mol. The number of guanidine groups is 1. The Labute approximate surface area is 106 Å². The second-order valence-electron chi connectivity index (χ2n) is 3.64. The summed E-state index contributed by atoms with van der Waals surface area (Å²) in [4.78, 5) is 15.8. The molecule has 1 heterocycles. The number of carbonyl (C=O) groups is 1. The van der Waals surface area contributed by atoms with Gasteiger partial charge in [0.1, 0.15) is 0 Å². The minimum Gasteiger partial charge on any atom is -0.449 e. The van der Waals surface area contributed by atoms with Gasteiger partial charge in [0.25, 0.3) is 0 Å². The number of carbonyl (C=O) groups excluding carboxylic acids is 1. The van der Waals surface area contributed by atoms with Gasteiger partial charge in [-0.05, 0) is 19.1 Å². The summed E-state index contributed by atoms with van der Waals surface area (Å²) in [6.45, 7) is 3.55. The van der Waals surface area contributed by atoms with Crippen LogP contribution in [-0.2, 0) is 4.74 Å². The first-order valence-electron chi connectivity index (χ1n) is 5.88. The molecule has 2 rings (SSSR count). The van der Waals surface area contributed by atoms with E-state index in [2.05, 4.69) is 15.7 Å². The molecule has 18 heavy (non-hydrogen) atoms. The maximum atomic E-state index is 11.5. The van der Waals surface area contributed by atoms with Crippen molar-refractivity contribution in [1.82, 2.24) is 10.7 Å². The monoisotopic (exact) mass is 248 g/mol. The standard InChI is InChI=1S/C12H16N4O2/c1-2-18-12(17)15-16(11-13-8-9-14-11)10-6-4-3-5-7-10/h3-7H,2,8-9H2,1H3,(H,13,14)(H,15,17). The van der Waals surface area contributed by atoms with Crippen molar-refractivity contribution >= 4 is 17.7 Å². The third-order valence-electron chi connectivity index (χ3n) is 2.36. The van der Waals surface area contributed by atoms with Crippen molar-refractivity contribution < 1.29 is 9.53 Å². The number of aliphatic imine (C=N–C) groups is 1. The Morgan fingerprint density at radius 1 is 1.50 bits per heavy atom. The van der Waals surface area contributed by atoms with E-state index >= 15 is 0 Å². The Morgan fingerprint density at radius 2 is 2.28 bits per heavy atom. The smallest absolute Gasteiger partial charge is 0.426 e. The molecule has 96 valence electrons. The molecule has 0 aliphatic carbocycles. The summed E-state index contributed by atoms with van der Waals surface area (Å²) in [6.07, 6.45) is -0.502. The second-order valence-corrected chi connectivity index (χ2v) is 3.64. The Bertz CT molecular complexity index is 433. The van der Waals surface area contributed by atoms with Crippen molar-refractivity contribution in [3.05, 3.63) is 30.3 Å². The number of ether oxygens (including phenoxy) is 1. The number of nitrogens with zero attached hydrogens (tertiary/aromatic N) is 2. The molecule has 0 spiro atoms. The summed E-state index contributed by atoms with van der Waals surface area (Å²) in [6, 6.07) is 9.47. The second kappa shape index (κ2) is 5.90. The summed E-state index contributed by atoms with van der Waals surface area (Å²) >= 11 is 0. The number of rotatable bonds is 2. The van der Waals surface area contributed by atoms with Gasteiger partial charge in [-0.1, -0.05) is 18.2 Å². The van der Waals surface area contributed by atoms with E-state index in [4.69, 9.17) is 4.74 Å². The number of para-hydroxylation sites is 1. The lowest BCUT2D eigenvalue weighted by atomic mass is 10.3. The van der Waals surface area contributed by atoms with E-state index in [0.717, 1.165) is 12.2 Å². The fourth-order valence-corrected chi connectivity index (χ4v) is 1.61. The van der Waals surface area contributed by atoms with Crippen LogP contribution in [0.5, 0.6) is 0 Å². The van der Waals surface area contributed by atoms with Crippen molar-refractivity contribution in [2.75, 3.05) is 24.7 Å². The molecule has 6 nitrogen and oxygen atoms in total. The fraction of sp³-hybridized carbons (Fsp3) is 0.333. The molecule has 0 saturated heterocycles. The number of hydrogen-bond donors (Lipinski definition) is 2. The average Bonchev–Trinajstić information content (AvgIpc) is 2.91. The molecule has 0 unspecified atom stereocenters. The zero-order valence-corrected chi connectivity index (χ0v) is 10.2. The van der Waals surface area contributed by atoms with Crippen LogP contribution in [0, 0.1) is 0 Å². The minimum absolute atomic E-state index is 0.328. The van der Waals surface area contributed by atoms with E-state index in [-0.39, 0.29) is 0 Å².